The van der Waals surface area contributed by atoms with E-state index >= 15 is 0 Å². The molecule has 1 amide bonds. The Bertz CT molecular complexity index is 378. The van der Waals surface area contributed by atoms with Gasteiger partial charge in [-0.15, -0.1) is 0 Å². The maximum atomic E-state index is 11.5. The van der Waals surface area contributed by atoms with E-state index in [0.717, 1.165) is 23.3 Å². The summed E-state index contributed by atoms with van der Waals surface area (Å²) in [5.74, 6) is 0.876. The third kappa shape index (κ3) is 4.07. The van der Waals surface area contributed by atoms with Crippen molar-refractivity contribution in [3.63, 3.8) is 0 Å². The molecule has 0 aromatic heterocycles. The second-order valence-corrected chi connectivity index (χ2v) is 3.82. The summed E-state index contributed by atoms with van der Waals surface area (Å²) in [7, 11) is 1.65. The van der Waals surface area contributed by atoms with Crippen LogP contribution in [0.25, 0.3) is 0 Å². The van der Waals surface area contributed by atoms with E-state index in [1.165, 1.54) is 0 Å². The van der Waals surface area contributed by atoms with Crippen molar-refractivity contribution in [1.29, 1.82) is 0 Å². The van der Waals surface area contributed by atoms with Gasteiger partial charge in [0.05, 0.1) is 13.5 Å². The largest absolute Gasteiger partial charge is 0.496 e. The number of rotatable bonds is 6. The molecule has 1 aromatic carbocycles. The number of ether oxygens (including phenoxy) is 1. The lowest BCUT2D eigenvalue weighted by atomic mass is 10.0. The summed E-state index contributed by atoms with van der Waals surface area (Å²) in [6.45, 7) is 3.06. The summed E-state index contributed by atoms with van der Waals surface area (Å²) in [6, 6.07) is 5.84. The summed E-state index contributed by atoms with van der Waals surface area (Å²) in [4.78, 5) is 11.5. The van der Waals surface area contributed by atoms with Crippen LogP contribution in [0.15, 0.2) is 18.2 Å². The van der Waals surface area contributed by atoms with Crippen molar-refractivity contribution in [1.82, 2.24) is 5.32 Å². The number of nitrogens with one attached hydrogen (secondary N) is 1. The number of hydrogen-bond donors (Lipinski definition) is 2. The molecule has 0 saturated carbocycles. The summed E-state index contributed by atoms with van der Waals surface area (Å²) in [5.41, 5.74) is 7.44. The highest BCUT2D eigenvalue weighted by molar-refractivity contribution is 5.78. The van der Waals surface area contributed by atoms with Crippen molar-refractivity contribution in [2.24, 2.45) is 5.73 Å². The van der Waals surface area contributed by atoms with Crippen LogP contribution in [-0.2, 0) is 17.6 Å². The lowest BCUT2D eigenvalue weighted by molar-refractivity contribution is -0.120. The van der Waals surface area contributed by atoms with Crippen molar-refractivity contribution in [2.45, 2.75) is 19.8 Å². The molecule has 0 fully saturated rings. The Balaban J connectivity index is 2.68. The van der Waals surface area contributed by atoms with Crippen LogP contribution in [0.4, 0.5) is 0 Å². The van der Waals surface area contributed by atoms with Crippen LogP contribution < -0.4 is 15.8 Å². The number of hydrogen-bond acceptors (Lipinski definition) is 3. The molecule has 17 heavy (non-hydrogen) atoms. The molecule has 0 bridgehead atoms. The Labute approximate surface area is 102 Å². The van der Waals surface area contributed by atoms with Crippen LogP contribution in [0.5, 0.6) is 5.75 Å². The molecular formula is C13H20N2O2. The molecule has 0 saturated heterocycles. The molecule has 0 aliphatic carbocycles. The number of methoxy groups -OCH3 is 1. The monoisotopic (exact) mass is 236 g/mol. The smallest absolute Gasteiger partial charge is 0.224 e. The minimum Gasteiger partial charge on any atom is -0.496 e. The summed E-state index contributed by atoms with van der Waals surface area (Å²) in [6.07, 6.45) is 1.28. The Morgan fingerprint density at radius 1 is 1.47 bits per heavy atom. The first-order valence-electron chi connectivity index (χ1n) is 5.83. The molecule has 4 nitrogen and oxygen atoms in total. The van der Waals surface area contributed by atoms with Gasteiger partial charge in [0.25, 0.3) is 0 Å². The van der Waals surface area contributed by atoms with Crippen LogP contribution in [0.1, 0.15) is 18.1 Å². The van der Waals surface area contributed by atoms with Crippen LogP contribution in [0.2, 0.25) is 0 Å². The standard InChI is InChI=1S/C13H20N2O2/c1-3-11-8-10(4-5-12(11)17-2)9-13(16)15-7-6-14/h4-5,8H,3,6-7,9,14H2,1-2H3,(H,15,16). The molecule has 1 rings (SSSR count). The first kappa shape index (κ1) is 13.5. The maximum absolute atomic E-state index is 11.5. The second-order valence-electron chi connectivity index (χ2n) is 3.82. The Hall–Kier alpha value is -1.55. The topological polar surface area (TPSA) is 64.4 Å². The van der Waals surface area contributed by atoms with E-state index in [1.807, 2.05) is 18.2 Å². The predicted molar refractivity (Wildman–Crippen MR) is 68.1 cm³/mol. The highest BCUT2D eigenvalue weighted by Gasteiger charge is 2.06. The average molecular weight is 236 g/mol. The van der Waals surface area contributed by atoms with Crippen LogP contribution in [0.3, 0.4) is 0 Å². The van der Waals surface area contributed by atoms with Gasteiger partial charge >= 0.3 is 0 Å². The second kappa shape index (κ2) is 6.91. The van der Waals surface area contributed by atoms with E-state index in [-0.39, 0.29) is 5.91 Å². The quantitative estimate of drug-likeness (QED) is 0.770. The van der Waals surface area contributed by atoms with Gasteiger partial charge in [-0.05, 0) is 23.6 Å². The van der Waals surface area contributed by atoms with E-state index in [1.54, 1.807) is 7.11 Å². The Morgan fingerprint density at radius 3 is 2.82 bits per heavy atom. The van der Waals surface area contributed by atoms with E-state index in [4.69, 9.17) is 10.5 Å². The average Bonchev–Trinajstić information content (AvgIpc) is 2.36. The van der Waals surface area contributed by atoms with E-state index in [2.05, 4.69) is 12.2 Å². The van der Waals surface area contributed by atoms with Gasteiger partial charge in [-0.25, -0.2) is 0 Å². The molecule has 0 atom stereocenters. The fraction of sp³-hybridized carbons (Fsp3) is 0.462. The molecule has 0 heterocycles. The molecule has 0 aliphatic rings. The first-order chi connectivity index (χ1) is 8.21. The van der Waals surface area contributed by atoms with Crippen LogP contribution in [0, 0.1) is 0 Å². The minimum absolute atomic E-state index is 0.00247. The number of amides is 1. The summed E-state index contributed by atoms with van der Waals surface area (Å²) < 4.78 is 5.24. The number of aryl methyl sites for hydroxylation is 1. The van der Waals surface area contributed by atoms with Crippen LogP contribution >= 0.6 is 0 Å². The third-order valence-electron chi connectivity index (χ3n) is 2.56. The van der Waals surface area contributed by atoms with Crippen molar-refractivity contribution in [3.05, 3.63) is 29.3 Å². The molecule has 0 spiro atoms. The number of benzene rings is 1. The van der Waals surface area contributed by atoms with Crippen molar-refractivity contribution >= 4 is 5.91 Å². The normalized spacial score (nSPS) is 10.1. The summed E-state index contributed by atoms with van der Waals surface area (Å²) >= 11 is 0. The van der Waals surface area contributed by atoms with Gasteiger partial charge in [0.1, 0.15) is 5.75 Å². The number of carbonyl (C=O) groups is 1. The van der Waals surface area contributed by atoms with Gasteiger partial charge < -0.3 is 15.8 Å². The number of nitrogens with two attached hydrogens (primary N) is 1. The SMILES string of the molecule is CCc1cc(CC(=O)NCCN)ccc1OC. The molecule has 0 aliphatic heterocycles. The number of carbonyl (C=O) groups excluding carboxylic acids is 1. The predicted octanol–water partition coefficient (Wildman–Crippen LogP) is 0.875. The van der Waals surface area contributed by atoms with Gasteiger partial charge in [-0.3, -0.25) is 4.79 Å². The molecule has 0 radical (unpaired) electrons. The van der Waals surface area contributed by atoms with Gasteiger partial charge in [0, 0.05) is 13.1 Å². The maximum Gasteiger partial charge on any atom is 0.224 e. The van der Waals surface area contributed by atoms with Crippen molar-refractivity contribution in [3.8, 4) is 5.75 Å². The van der Waals surface area contributed by atoms with Gasteiger partial charge in [0.15, 0.2) is 0 Å². The highest BCUT2D eigenvalue weighted by atomic mass is 16.5. The highest BCUT2D eigenvalue weighted by Crippen LogP contribution is 2.20. The lowest BCUT2D eigenvalue weighted by Crippen LogP contribution is -2.30. The van der Waals surface area contributed by atoms with Gasteiger partial charge in [-0.1, -0.05) is 19.1 Å². The molecule has 1 aromatic rings. The lowest BCUT2D eigenvalue weighted by Gasteiger charge is -2.09. The minimum atomic E-state index is 0.00247. The first-order valence-corrected chi connectivity index (χ1v) is 5.83. The van der Waals surface area contributed by atoms with Gasteiger partial charge in [0.2, 0.25) is 5.91 Å². The molecule has 94 valence electrons. The molecule has 3 N–H and O–H groups in total. The third-order valence-corrected chi connectivity index (χ3v) is 2.56. The molecule has 4 heteroatoms. The Kier molecular flexibility index (Phi) is 5.49. The van der Waals surface area contributed by atoms with Crippen molar-refractivity contribution < 1.29 is 9.53 Å². The van der Waals surface area contributed by atoms with Crippen molar-refractivity contribution in [2.75, 3.05) is 20.2 Å². The van der Waals surface area contributed by atoms with E-state index < -0.39 is 0 Å². The zero-order valence-corrected chi connectivity index (χ0v) is 10.5. The van der Waals surface area contributed by atoms with Gasteiger partial charge in [-0.2, -0.15) is 0 Å². The van der Waals surface area contributed by atoms with E-state index in [9.17, 15) is 4.79 Å². The van der Waals surface area contributed by atoms with Crippen LogP contribution in [-0.4, -0.2) is 26.1 Å². The summed E-state index contributed by atoms with van der Waals surface area (Å²) in [5, 5.41) is 2.75. The molecular weight excluding hydrogens is 216 g/mol. The fourth-order valence-corrected chi connectivity index (χ4v) is 1.68. The van der Waals surface area contributed by atoms with E-state index in [0.29, 0.717) is 19.5 Å². The zero-order chi connectivity index (χ0) is 12.7. The molecule has 0 unspecified atom stereocenters. The zero-order valence-electron chi connectivity index (χ0n) is 10.5. The fourth-order valence-electron chi connectivity index (χ4n) is 1.68. The Morgan fingerprint density at radius 2 is 2.24 bits per heavy atom.